The molecule has 0 radical (unpaired) electrons. The van der Waals surface area contributed by atoms with E-state index in [9.17, 15) is 9.90 Å². The number of likely N-dealkylation sites (tertiary alicyclic amines) is 1. The predicted octanol–water partition coefficient (Wildman–Crippen LogP) is 3.15. The maximum absolute atomic E-state index is 12.3. The van der Waals surface area contributed by atoms with Crippen LogP contribution in [0, 0.1) is 12.8 Å². The van der Waals surface area contributed by atoms with Crippen molar-refractivity contribution in [2.24, 2.45) is 5.92 Å². The highest BCUT2D eigenvalue weighted by Crippen LogP contribution is 2.26. The van der Waals surface area contributed by atoms with Crippen LogP contribution in [0.15, 0.2) is 12.1 Å². The fourth-order valence-electron chi connectivity index (χ4n) is 4.11. The van der Waals surface area contributed by atoms with E-state index in [4.69, 9.17) is 0 Å². The maximum atomic E-state index is 12.3. The van der Waals surface area contributed by atoms with Crippen LogP contribution in [0.5, 0.6) is 5.75 Å². The zero-order valence-electron chi connectivity index (χ0n) is 15.3. The average molecular weight is 345 g/mol. The van der Waals surface area contributed by atoms with Crippen LogP contribution in [-0.2, 0) is 11.3 Å². The molecular formula is C20H31N3O2. The van der Waals surface area contributed by atoms with Gasteiger partial charge < -0.3 is 10.4 Å². The molecule has 3 rings (SSSR count). The van der Waals surface area contributed by atoms with Crippen LogP contribution in [0.2, 0.25) is 0 Å². The van der Waals surface area contributed by atoms with Gasteiger partial charge in [-0.2, -0.15) is 0 Å². The lowest BCUT2D eigenvalue weighted by Gasteiger charge is -2.32. The Morgan fingerprint density at radius 3 is 2.64 bits per heavy atom. The van der Waals surface area contributed by atoms with Gasteiger partial charge in [0.2, 0.25) is 5.91 Å². The zero-order chi connectivity index (χ0) is 17.6. The molecule has 1 saturated carbocycles. The number of carbonyl (C=O) groups excluding carboxylic acids is 1. The van der Waals surface area contributed by atoms with Gasteiger partial charge >= 0.3 is 0 Å². The van der Waals surface area contributed by atoms with Crippen LogP contribution in [0.4, 0.5) is 0 Å². The summed E-state index contributed by atoms with van der Waals surface area (Å²) < 4.78 is 0. The highest BCUT2D eigenvalue weighted by atomic mass is 16.3. The number of hydrogen-bond acceptors (Lipinski definition) is 4. The van der Waals surface area contributed by atoms with Crippen LogP contribution in [0.3, 0.4) is 0 Å². The number of carbonyl (C=O) groups is 1. The fourth-order valence-corrected chi connectivity index (χ4v) is 4.11. The van der Waals surface area contributed by atoms with Crippen molar-refractivity contribution in [3.05, 3.63) is 23.5 Å². The van der Waals surface area contributed by atoms with E-state index in [2.05, 4.69) is 15.2 Å². The molecule has 1 aromatic rings. The van der Waals surface area contributed by atoms with Crippen molar-refractivity contribution in [1.82, 2.24) is 15.2 Å². The van der Waals surface area contributed by atoms with Gasteiger partial charge in [-0.1, -0.05) is 19.3 Å². The third-order valence-electron chi connectivity index (χ3n) is 5.61. The summed E-state index contributed by atoms with van der Waals surface area (Å²) in [5, 5.41) is 13.2. The third-order valence-corrected chi connectivity index (χ3v) is 5.61. The molecule has 5 heteroatoms. The second-order valence-corrected chi connectivity index (χ2v) is 7.74. The molecular weight excluding hydrogens is 314 g/mol. The quantitative estimate of drug-likeness (QED) is 0.860. The summed E-state index contributed by atoms with van der Waals surface area (Å²) in [4.78, 5) is 19.0. The molecule has 0 bridgehead atoms. The molecule has 25 heavy (non-hydrogen) atoms. The van der Waals surface area contributed by atoms with Gasteiger partial charge in [-0.3, -0.25) is 14.7 Å². The minimum Gasteiger partial charge on any atom is -0.506 e. The van der Waals surface area contributed by atoms with E-state index in [0.717, 1.165) is 37.3 Å². The number of piperidine rings is 1. The van der Waals surface area contributed by atoms with Gasteiger partial charge in [0.15, 0.2) is 0 Å². The lowest BCUT2D eigenvalue weighted by atomic mass is 9.86. The molecule has 1 saturated heterocycles. The molecule has 1 aliphatic carbocycles. The first-order chi connectivity index (χ1) is 12.1. The molecule has 2 N–H and O–H groups in total. The number of nitrogens with zero attached hydrogens (tertiary/aromatic N) is 2. The second-order valence-electron chi connectivity index (χ2n) is 7.74. The van der Waals surface area contributed by atoms with Crippen LogP contribution >= 0.6 is 0 Å². The molecule has 2 heterocycles. The van der Waals surface area contributed by atoms with Crippen molar-refractivity contribution < 1.29 is 9.90 Å². The molecule has 0 aromatic carbocycles. The smallest absolute Gasteiger partial charge is 0.220 e. The van der Waals surface area contributed by atoms with E-state index < -0.39 is 0 Å². The molecule has 138 valence electrons. The normalized spacial score (nSPS) is 20.5. The first kappa shape index (κ1) is 18.2. The summed E-state index contributed by atoms with van der Waals surface area (Å²) in [7, 11) is 0. The third kappa shape index (κ3) is 5.43. The number of aryl methyl sites for hydroxylation is 1. The topological polar surface area (TPSA) is 65.5 Å². The van der Waals surface area contributed by atoms with E-state index in [0.29, 0.717) is 24.9 Å². The van der Waals surface area contributed by atoms with Crippen LogP contribution in [0.1, 0.15) is 62.8 Å². The van der Waals surface area contributed by atoms with Crippen molar-refractivity contribution in [1.29, 1.82) is 0 Å². The number of amides is 1. The molecule has 1 aliphatic heterocycles. The summed E-state index contributed by atoms with van der Waals surface area (Å²) in [6, 6.07) is 3.84. The summed E-state index contributed by atoms with van der Waals surface area (Å²) >= 11 is 0. The summed E-state index contributed by atoms with van der Waals surface area (Å²) in [5.74, 6) is 1.11. The monoisotopic (exact) mass is 345 g/mol. The van der Waals surface area contributed by atoms with Gasteiger partial charge in [-0.05, 0) is 50.7 Å². The summed E-state index contributed by atoms with van der Waals surface area (Å²) in [6.45, 7) is 4.49. The predicted molar refractivity (Wildman–Crippen MR) is 98.3 cm³/mol. The zero-order valence-corrected chi connectivity index (χ0v) is 15.3. The van der Waals surface area contributed by atoms with Gasteiger partial charge in [0, 0.05) is 37.8 Å². The van der Waals surface area contributed by atoms with E-state index in [1.807, 2.05) is 13.0 Å². The molecule has 1 aromatic heterocycles. The highest BCUT2D eigenvalue weighted by Gasteiger charge is 2.23. The fraction of sp³-hybridized carbons (Fsp3) is 0.700. The molecule has 1 amide bonds. The standard InChI is InChI=1S/C20H31N3O2/c1-15-7-8-19(24)18(21-15)14-23-11-9-17(10-12-23)22-20(25)13-16-5-3-2-4-6-16/h7-8,16-17,24H,2-6,9-14H2,1H3,(H,22,25). The molecule has 2 aliphatic rings. The number of rotatable bonds is 5. The Morgan fingerprint density at radius 2 is 1.92 bits per heavy atom. The molecule has 0 unspecified atom stereocenters. The van der Waals surface area contributed by atoms with Crippen molar-refractivity contribution in [3.8, 4) is 5.75 Å². The van der Waals surface area contributed by atoms with E-state index in [1.165, 1.54) is 32.1 Å². The van der Waals surface area contributed by atoms with E-state index in [1.54, 1.807) is 6.07 Å². The van der Waals surface area contributed by atoms with Gasteiger partial charge in [0.05, 0.1) is 5.69 Å². The van der Waals surface area contributed by atoms with Gasteiger partial charge in [-0.25, -0.2) is 0 Å². The van der Waals surface area contributed by atoms with Gasteiger partial charge in [0.25, 0.3) is 0 Å². The highest BCUT2D eigenvalue weighted by molar-refractivity contribution is 5.76. The Kier molecular flexibility index (Phi) is 6.29. The van der Waals surface area contributed by atoms with Crippen molar-refractivity contribution in [2.45, 2.75) is 70.9 Å². The minimum absolute atomic E-state index is 0.239. The van der Waals surface area contributed by atoms with Crippen molar-refractivity contribution in [2.75, 3.05) is 13.1 Å². The Morgan fingerprint density at radius 1 is 1.20 bits per heavy atom. The SMILES string of the molecule is Cc1ccc(O)c(CN2CCC(NC(=O)CC3CCCCC3)CC2)n1. The summed E-state index contributed by atoms with van der Waals surface area (Å²) in [5.41, 5.74) is 1.68. The largest absolute Gasteiger partial charge is 0.506 e. The van der Waals surface area contributed by atoms with Crippen LogP contribution < -0.4 is 5.32 Å². The lowest BCUT2D eigenvalue weighted by Crippen LogP contribution is -2.44. The second kappa shape index (κ2) is 8.65. The molecule has 5 nitrogen and oxygen atoms in total. The average Bonchev–Trinajstić information content (AvgIpc) is 2.61. The number of pyridine rings is 1. The number of aromatic nitrogens is 1. The lowest BCUT2D eigenvalue weighted by molar-refractivity contribution is -0.123. The molecule has 0 atom stereocenters. The van der Waals surface area contributed by atoms with Gasteiger partial charge in [-0.15, -0.1) is 0 Å². The number of nitrogens with one attached hydrogen (secondary N) is 1. The van der Waals surface area contributed by atoms with Crippen LogP contribution in [0.25, 0.3) is 0 Å². The summed E-state index contributed by atoms with van der Waals surface area (Å²) in [6.07, 6.45) is 9.01. The first-order valence-corrected chi connectivity index (χ1v) is 9.77. The Bertz CT molecular complexity index is 576. The Balaban J connectivity index is 1.40. The number of hydrogen-bond donors (Lipinski definition) is 2. The maximum Gasteiger partial charge on any atom is 0.220 e. The number of aromatic hydroxyl groups is 1. The Hall–Kier alpha value is -1.62. The van der Waals surface area contributed by atoms with Crippen molar-refractivity contribution in [3.63, 3.8) is 0 Å². The molecule has 2 fully saturated rings. The minimum atomic E-state index is 0.239. The first-order valence-electron chi connectivity index (χ1n) is 9.77. The van der Waals surface area contributed by atoms with E-state index in [-0.39, 0.29) is 11.7 Å². The van der Waals surface area contributed by atoms with Crippen molar-refractivity contribution >= 4 is 5.91 Å². The Labute approximate surface area is 150 Å². The van der Waals surface area contributed by atoms with Gasteiger partial charge in [0.1, 0.15) is 5.75 Å². The van der Waals surface area contributed by atoms with E-state index >= 15 is 0 Å². The van der Waals surface area contributed by atoms with Crippen LogP contribution in [-0.4, -0.2) is 40.0 Å². The molecule has 0 spiro atoms.